The molecular weight excluding hydrogens is 140 g/mol. The molecule has 11 heavy (non-hydrogen) atoms. The highest BCUT2D eigenvalue weighted by molar-refractivity contribution is 4.84. The van der Waals surface area contributed by atoms with Crippen molar-refractivity contribution in [2.24, 2.45) is 0 Å². The fourth-order valence-corrected chi connectivity index (χ4v) is 1.41. The van der Waals surface area contributed by atoms with Crippen LogP contribution < -0.4 is 5.32 Å². The van der Waals surface area contributed by atoms with E-state index < -0.39 is 0 Å². The van der Waals surface area contributed by atoms with E-state index in [1.807, 2.05) is 6.92 Å². The summed E-state index contributed by atoms with van der Waals surface area (Å²) in [6.07, 6.45) is -0.199. The molecule has 3 nitrogen and oxygen atoms in total. The van der Waals surface area contributed by atoms with Crippen LogP contribution >= 0.6 is 0 Å². The van der Waals surface area contributed by atoms with Crippen molar-refractivity contribution in [2.45, 2.75) is 26.0 Å². The molecule has 1 fully saturated rings. The van der Waals surface area contributed by atoms with E-state index in [9.17, 15) is 0 Å². The van der Waals surface area contributed by atoms with E-state index in [2.05, 4.69) is 17.1 Å². The number of hydrogen-bond donors (Lipinski definition) is 2. The molecule has 0 aromatic rings. The standard InChI is InChI=1S/C8H18N2O/c1-3-10(6-7(2)11)8-4-9-5-8/h7-9,11H,3-6H2,1-2H3/t7-/m1/s1. The van der Waals surface area contributed by atoms with Gasteiger partial charge in [0.25, 0.3) is 0 Å². The maximum atomic E-state index is 9.16. The highest BCUT2D eigenvalue weighted by Crippen LogP contribution is 2.04. The maximum Gasteiger partial charge on any atom is 0.0639 e. The molecular formula is C8H18N2O. The predicted octanol–water partition coefficient (Wildman–Crippen LogP) is -0.339. The quantitative estimate of drug-likeness (QED) is 0.587. The molecule has 1 atom stereocenters. The van der Waals surface area contributed by atoms with E-state index in [0.29, 0.717) is 6.04 Å². The topological polar surface area (TPSA) is 35.5 Å². The second-order valence-corrected chi connectivity index (χ2v) is 3.25. The van der Waals surface area contributed by atoms with Gasteiger partial charge in [-0.05, 0) is 13.5 Å². The van der Waals surface area contributed by atoms with E-state index in [1.54, 1.807) is 0 Å². The lowest BCUT2D eigenvalue weighted by Crippen LogP contribution is -2.58. The first kappa shape index (κ1) is 8.97. The SMILES string of the molecule is CCN(C[C@@H](C)O)C1CNC1. The van der Waals surface area contributed by atoms with Gasteiger partial charge in [0.2, 0.25) is 0 Å². The lowest BCUT2D eigenvalue weighted by atomic mass is 10.1. The molecule has 0 aromatic carbocycles. The summed E-state index contributed by atoms with van der Waals surface area (Å²) < 4.78 is 0. The molecule has 1 heterocycles. The van der Waals surface area contributed by atoms with Crippen LogP contribution in [0.4, 0.5) is 0 Å². The van der Waals surface area contributed by atoms with Crippen LogP contribution in [0.3, 0.4) is 0 Å². The molecule has 0 unspecified atom stereocenters. The highest BCUT2D eigenvalue weighted by atomic mass is 16.3. The fourth-order valence-electron chi connectivity index (χ4n) is 1.41. The Morgan fingerprint density at radius 1 is 1.64 bits per heavy atom. The average molecular weight is 158 g/mol. The Morgan fingerprint density at radius 2 is 2.27 bits per heavy atom. The molecule has 3 heteroatoms. The second-order valence-electron chi connectivity index (χ2n) is 3.25. The first-order chi connectivity index (χ1) is 5.24. The van der Waals surface area contributed by atoms with Gasteiger partial charge in [0.1, 0.15) is 0 Å². The van der Waals surface area contributed by atoms with E-state index in [1.165, 1.54) is 0 Å². The summed E-state index contributed by atoms with van der Waals surface area (Å²) in [4.78, 5) is 2.32. The van der Waals surface area contributed by atoms with Gasteiger partial charge in [-0.25, -0.2) is 0 Å². The fraction of sp³-hybridized carbons (Fsp3) is 1.00. The normalized spacial score (nSPS) is 21.8. The predicted molar refractivity (Wildman–Crippen MR) is 45.6 cm³/mol. The van der Waals surface area contributed by atoms with Crippen molar-refractivity contribution >= 4 is 0 Å². The highest BCUT2D eigenvalue weighted by Gasteiger charge is 2.23. The third kappa shape index (κ3) is 2.43. The van der Waals surface area contributed by atoms with Gasteiger partial charge in [-0.1, -0.05) is 6.92 Å². The molecule has 1 aliphatic rings. The van der Waals surface area contributed by atoms with E-state index in [0.717, 1.165) is 26.2 Å². The average Bonchev–Trinajstić information content (AvgIpc) is 1.81. The lowest BCUT2D eigenvalue weighted by Gasteiger charge is -2.38. The smallest absolute Gasteiger partial charge is 0.0639 e. The monoisotopic (exact) mass is 158 g/mol. The second kappa shape index (κ2) is 4.04. The summed E-state index contributed by atoms with van der Waals surface area (Å²) in [7, 11) is 0. The number of aliphatic hydroxyl groups excluding tert-OH is 1. The van der Waals surface area contributed by atoms with Crippen LogP contribution in [0.15, 0.2) is 0 Å². The van der Waals surface area contributed by atoms with Crippen molar-refractivity contribution in [1.82, 2.24) is 10.2 Å². The number of aliphatic hydroxyl groups is 1. The summed E-state index contributed by atoms with van der Waals surface area (Å²) in [5.74, 6) is 0. The summed E-state index contributed by atoms with van der Waals surface area (Å²) in [5, 5.41) is 12.4. The zero-order valence-corrected chi connectivity index (χ0v) is 7.38. The molecule has 0 amide bonds. The van der Waals surface area contributed by atoms with Gasteiger partial charge in [0.15, 0.2) is 0 Å². The Balaban J connectivity index is 2.23. The lowest BCUT2D eigenvalue weighted by molar-refractivity contribution is 0.0812. The summed E-state index contributed by atoms with van der Waals surface area (Å²) >= 11 is 0. The number of likely N-dealkylation sites (N-methyl/N-ethyl adjacent to an activating group) is 1. The van der Waals surface area contributed by atoms with Crippen LogP contribution in [0.5, 0.6) is 0 Å². The van der Waals surface area contributed by atoms with Gasteiger partial charge in [0, 0.05) is 25.7 Å². The molecule has 0 aromatic heterocycles. The van der Waals surface area contributed by atoms with Gasteiger partial charge < -0.3 is 10.4 Å². The zero-order chi connectivity index (χ0) is 8.27. The minimum absolute atomic E-state index is 0.199. The largest absolute Gasteiger partial charge is 0.392 e. The van der Waals surface area contributed by atoms with Crippen molar-refractivity contribution in [3.8, 4) is 0 Å². The van der Waals surface area contributed by atoms with E-state index in [-0.39, 0.29) is 6.10 Å². The number of rotatable bonds is 4. The van der Waals surface area contributed by atoms with Crippen molar-refractivity contribution < 1.29 is 5.11 Å². The van der Waals surface area contributed by atoms with Crippen LogP contribution in [0, 0.1) is 0 Å². The Hall–Kier alpha value is -0.120. The third-order valence-electron chi connectivity index (χ3n) is 2.18. The zero-order valence-electron chi connectivity index (χ0n) is 7.38. The Labute approximate surface area is 68.4 Å². The minimum Gasteiger partial charge on any atom is -0.392 e. The molecule has 0 spiro atoms. The van der Waals surface area contributed by atoms with Crippen molar-refractivity contribution in [3.63, 3.8) is 0 Å². The number of hydrogen-bond acceptors (Lipinski definition) is 3. The van der Waals surface area contributed by atoms with Gasteiger partial charge >= 0.3 is 0 Å². The van der Waals surface area contributed by atoms with Gasteiger partial charge in [-0.3, -0.25) is 4.90 Å². The molecule has 1 aliphatic heterocycles. The Bertz CT molecular complexity index is 113. The van der Waals surface area contributed by atoms with Crippen molar-refractivity contribution in [1.29, 1.82) is 0 Å². The molecule has 66 valence electrons. The molecule has 0 bridgehead atoms. The van der Waals surface area contributed by atoms with Crippen molar-refractivity contribution in [2.75, 3.05) is 26.2 Å². The van der Waals surface area contributed by atoms with Gasteiger partial charge in [-0.2, -0.15) is 0 Å². The first-order valence-electron chi connectivity index (χ1n) is 4.37. The van der Waals surface area contributed by atoms with Gasteiger partial charge in [0.05, 0.1) is 6.10 Å². The molecule has 1 rings (SSSR count). The van der Waals surface area contributed by atoms with E-state index >= 15 is 0 Å². The van der Waals surface area contributed by atoms with E-state index in [4.69, 9.17) is 5.11 Å². The number of nitrogens with one attached hydrogen (secondary N) is 1. The Morgan fingerprint density at radius 3 is 2.55 bits per heavy atom. The van der Waals surface area contributed by atoms with Gasteiger partial charge in [-0.15, -0.1) is 0 Å². The van der Waals surface area contributed by atoms with Crippen LogP contribution in [0.1, 0.15) is 13.8 Å². The summed E-state index contributed by atoms with van der Waals surface area (Å²) in [5.41, 5.74) is 0. The molecule has 0 saturated carbocycles. The first-order valence-corrected chi connectivity index (χ1v) is 4.37. The van der Waals surface area contributed by atoms with Crippen molar-refractivity contribution in [3.05, 3.63) is 0 Å². The van der Waals surface area contributed by atoms with Crippen LogP contribution in [0.2, 0.25) is 0 Å². The maximum absolute atomic E-state index is 9.16. The summed E-state index contributed by atoms with van der Waals surface area (Å²) in [6.45, 7) is 8.00. The molecule has 0 radical (unpaired) electrons. The number of nitrogens with zero attached hydrogens (tertiary/aromatic N) is 1. The molecule has 1 saturated heterocycles. The third-order valence-corrected chi connectivity index (χ3v) is 2.18. The molecule has 2 N–H and O–H groups in total. The molecule has 0 aliphatic carbocycles. The van der Waals surface area contributed by atoms with Crippen LogP contribution in [0.25, 0.3) is 0 Å². The summed E-state index contributed by atoms with van der Waals surface area (Å²) in [6, 6.07) is 0.662. The van der Waals surface area contributed by atoms with Crippen LogP contribution in [-0.2, 0) is 0 Å². The Kier molecular flexibility index (Phi) is 3.30. The van der Waals surface area contributed by atoms with Crippen LogP contribution in [-0.4, -0.2) is 48.3 Å². The minimum atomic E-state index is -0.199.